The second kappa shape index (κ2) is 6.07. The van der Waals surface area contributed by atoms with Gasteiger partial charge in [0.05, 0.1) is 5.38 Å². The summed E-state index contributed by atoms with van der Waals surface area (Å²) in [7, 11) is 0. The molecule has 5 heteroatoms. The van der Waals surface area contributed by atoms with Gasteiger partial charge in [0.1, 0.15) is 0 Å². The minimum absolute atomic E-state index is 0.168. The topological polar surface area (TPSA) is 52.6 Å². The van der Waals surface area contributed by atoms with Crippen molar-refractivity contribution in [1.82, 2.24) is 10.2 Å². The fourth-order valence-corrected chi connectivity index (χ4v) is 2.53. The van der Waals surface area contributed by atoms with Crippen LogP contribution in [0, 0.1) is 0 Å². The number of hydrogen-bond acceptors (Lipinski definition) is 2. The van der Waals surface area contributed by atoms with Gasteiger partial charge in [-0.05, 0) is 12.0 Å². The van der Waals surface area contributed by atoms with Crippen molar-refractivity contribution in [2.75, 3.05) is 13.1 Å². The first-order chi connectivity index (χ1) is 8.66. The monoisotopic (exact) mass is 268 g/mol. The maximum Gasteiger partial charge on any atom is 0.407 e. The largest absolute Gasteiger partial charge is 0.465 e. The number of nitrogens with zero attached hydrogens (tertiary/aromatic N) is 1. The standard InChI is InChI=1S/C13H17ClN2O2/c14-11-9-16(13(17)18)7-6-12(11)15-8-10-4-2-1-3-5-10/h1-5,11-12,15H,6-9H2,(H,17,18). The number of carbonyl (C=O) groups is 1. The van der Waals surface area contributed by atoms with E-state index in [9.17, 15) is 4.79 Å². The van der Waals surface area contributed by atoms with Crippen LogP contribution in [0.4, 0.5) is 4.79 Å². The molecule has 1 aliphatic heterocycles. The number of halogens is 1. The normalized spacial score (nSPS) is 23.9. The van der Waals surface area contributed by atoms with Crippen molar-refractivity contribution in [2.45, 2.75) is 24.4 Å². The Morgan fingerprint density at radius 1 is 1.44 bits per heavy atom. The number of amides is 1. The molecule has 0 radical (unpaired) electrons. The predicted octanol–water partition coefficient (Wildman–Crippen LogP) is 2.14. The molecule has 0 aromatic heterocycles. The number of likely N-dealkylation sites (tertiary alicyclic amines) is 1. The molecule has 1 fully saturated rings. The molecule has 1 saturated heterocycles. The molecule has 1 heterocycles. The van der Waals surface area contributed by atoms with E-state index in [2.05, 4.69) is 17.4 Å². The molecule has 0 aliphatic carbocycles. The average molecular weight is 269 g/mol. The van der Waals surface area contributed by atoms with Crippen molar-refractivity contribution in [3.8, 4) is 0 Å². The molecule has 2 rings (SSSR count). The van der Waals surface area contributed by atoms with E-state index in [0.717, 1.165) is 13.0 Å². The van der Waals surface area contributed by atoms with E-state index in [4.69, 9.17) is 16.7 Å². The molecule has 2 N–H and O–H groups in total. The lowest BCUT2D eigenvalue weighted by Crippen LogP contribution is -2.51. The Kier molecular flexibility index (Phi) is 4.44. The smallest absolute Gasteiger partial charge is 0.407 e. The highest BCUT2D eigenvalue weighted by molar-refractivity contribution is 6.21. The zero-order chi connectivity index (χ0) is 13.0. The van der Waals surface area contributed by atoms with Crippen LogP contribution in [0.1, 0.15) is 12.0 Å². The minimum atomic E-state index is -0.887. The van der Waals surface area contributed by atoms with Crippen LogP contribution in [-0.2, 0) is 6.54 Å². The Bertz CT molecular complexity index is 399. The molecule has 1 aromatic rings. The van der Waals surface area contributed by atoms with Crippen molar-refractivity contribution in [1.29, 1.82) is 0 Å². The Labute approximate surface area is 112 Å². The van der Waals surface area contributed by atoms with Crippen LogP contribution < -0.4 is 5.32 Å². The lowest BCUT2D eigenvalue weighted by molar-refractivity contribution is 0.130. The lowest BCUT2D eigenvalue weighted by Gasteiger charge is -2.34. The number of nitrogens with one attached hydrogen (secondary N) is 1. The molecule has 18 heavy (non-hydrogen) atoms. The summed E-state index contributed by atoms with van der Waals surface area (Å²) < 4.78 is 0. The summed E-state index contributed by atoms with van der Waals surface area (Å²) in [6, 6.07) is 10.3. The van der Waals surface area contributed by atoms with Crippen LogP contribution in [0.3, 0.4) is 0 Å². The van der Waals surface area contributed by atoms with Gasteiger partial charge in [-0.15, -0.1) is 11.6 Å². The Morgan fingerprint density at radius 3 is 2.78 bits per heavy atom. The van der Waals surface area contributed by atoms with Gasteiger partial charge in [0.25, 0.3) is 0 Å². The molecule has 2 unspecified atom stereocenters. The highest BCUT2D eigenvalue weighted by Gasteiger charge is 2.29. The first-order valence-electron chi connectivity index (χ1n) is 6.06. The SMILES string of the molecule is O=C(O)N1CCC(NCc2ccccc2)C(Cl)C1. The van der Waals surface area contributed by atoms with Crippen molar-refractivity contribution in [2.24, 2.45) is 0 Å². The van der Waals surface area contributed by atoms with E-state index in [0.29, 0.717) is 13.1 Å². The minimum Gasteiger partial charge on any atom is -0.465 e. The van der Waals surface area contributed by atoms with Crippen LogP contribution in [0.15, 0.2) is 30.3 Å². The lowest BCUT2D eigenvalue weighted by atomic mass is 10.0. The van der Waals surface area contributed by atoms with E-state index in [-0.39, 0.29) is 11.4 Å². The summed E-state index contributed by atoms with van der Waals surface area (Å²) >= 11 is 6.22. The van der Waals surface area contributed by atoms with Crippen LogP contribution in [-0.4, -0.2) is 40.6 Å². The number of hydrogen-bond donors (Lipinski definition) is 2. The molecular formula is C13H17ClN2O2. The first-order valence-corrected chi connectivity index (χ1v) is 6.49. The summed E-state index contributed by atoms with van der Waals surface area (Å²) in [5.74, 6) is 0. The van der Waals surface area contributed by atoms with E-state index in [1.165, 1.54) is 10.5 Å². The van der Waals surface area contributed by atoms with Gasteiger partial charge in [-0.25, -0.2) is 4.79 Å². The molecule has 0 bridgehead atoms. The molecule has 0 saturated carbocycles. The molecule has 1 amide bonds. The third kappa shape index (κ3) is 3.37. The Hall–Kier alpha value is -1.26. The molecule has 0 spiro atoms. The molecule has 2 atom stereocenters. The van der Waals surface area contributed by atoms with Gasteiger partial charge in [-0.3, -0.25) is 0 Å². The summed E-state index contributed by atoms with van der Waals surface area (Å²) in [4.78, 5) is 12.2. The molecule has 98 valence electrons. The van der Waals surface area contributed by atoms with Crippen molar-refractivity contribution < 1.29 is 9.90 Å². The van der Waals surface area contributed by atoms with Crippen molar-refractivity contribution in [3.63, 3.8) is 0 Å². The van der Waals surface area contributed by atoms with E-state index in [1.54, 1.807) is 0 Å². The van der Waals surface area contributed by atoms with Crippen LogP contribution in [0.2, 0.25) is 0 Å². The third-order valence-electron chi connectivity index (χ3n) is 3.22. The van der Waals surface area contributed by atoms with Gasteiger partial charge >= 0.3 is 6.09 Å². The third-order valence-corrected chi connectivity index (χ3v) is 3.67. The fraction of sp³-hybridized carbons (Fsp3) is 0.462. The van der Waals surface area contributed by atoms with Gasteiger partial charge in [-0.1, -0.05) is 30.3 Å². The van der Waals surface area contributed by atoms with Gasteiger partial charge in [-0.2, -0.15) is 0 Å². The number of benzene rings is 1. The summed E-state index contributed by atoms with van der Waals surface area (Å²) in [5, 5.41) is 12.1. The highest BCUT2D eigenvalue weighted by Crippen LogP contribution is 2.17. The second-order valence-electron chi connectivity index (χ2n) is 4.51. The van der Waals surface area contributed by atoms with E-state index < -0.39 is 6.09 Å². The van der Waals surface area contributed by atoms with Gasteiger partial charge < -0.3 is 15.3 Å². The van der Waals surface area contributed by atoms with E-state index >= 15 is 0 Å². The number of rotatable bonds is 3. The van der Waals surface area contributed by atoms with Crippen LogP contribution >= 0.6 is 11.6 Å². The quantitative estimate of drug-likeness (QED) is 0.826. The summed E-state index contributed by atoms with van der Waals surface area (Å²) in [6.45, 7) is 1.70. The zero-order valence-corrected chi connectivity index (χ0v) is 10.8. The Balaban J connectivity index is 1.83. The molecule has 4 nitrogen and oxygen atoms in total. The van der Waals surface area contributed by atoms with Crippen molar-refractivity contribution >= 4 is 17.7 Å². The average Bonchev–Trinajstić information content (AvgIpc) is 2.38. The zero-order valence-electron chi connectivity index (χ0n) is 10.1. The second-order valence-corrected chi connectivity index (χ2v) is 5.07. The van der Waals surface area contributed by atoms with Gasteiger partial charge in [0, 0.05) is 25.7 Å². The fourth-order valence-electron chi connectivity index (χ4n) is 2.15. The van der Waals surface area contributed by atoms with Gasteiger partial charge in [0.2, 0.25) is 0 Å². The van der Waals surface area contributed by atoms with Crippen LogP contribution in [0.5, 0.6) is 0 Å². The number of piperidine rings is 1. The molecular weight excluding hydrogens is 252 g/mol. The van der Waals surface area contributed by atoms with Crippen LogP contribution in [0.25, 0.3) is 0 Å². The first kappa shape index (κ1) is 13.2. The summed E-state index contributed by atoms with van der Waals surface area (Å²) in [5.41, 5.74) is 1.21. The van der Waals surface area contributed by atoms with Crippen molar-refractivity contribution in [3.05, 3.63) is 35.9 Å². The number of carboxylic acid groups (broad SMARTS) is 1. The number of alkyl halides is 1. The summed E-state index contributed by atoms with van der Waals surface area (Å²) in [6.07, 6.45) is -0.130. The highest BCUT2D eigenvalue weighted by atomic mass is 35.5. The molecule has 1 aliphatic rings. The predicted molar refractivity (Wildman–Crippen MR) is 70.9 cm³/mol. The van der Waals surface area contributed by atoms with Gasteiger partial charge in [0.15, 0.2) is 0 Å². The molecule has 1 aromatic carbocycles. The van der Waals surface area contributed by atoms with E-state index in [1.807, 2.05) is 18.2 Å². The maximum atomic E-state index is 10.8. The maximum absolute atomic E-state index is 10.8. The Morgan fingerprint density at radius 2 is 2.17 bits per heavy atom.